The van der Waals surface area contributed by atoms with E-state index in [0.29, 0.717) is 15.1 Å². The van der Waals surface area contributed by atoms with Crippen molar-refractivity contribution < 1.29 is 0 Å². The van der Waals surface area contributed by atoms with Gasteiger partial charge in [-0.05, 0) is 0 Å². The molecular formula is C24H16Cl4Sn. The molecule has 0 spiro atoms. The maximum atomic E-state index is 6.88. The molecule has 0 heterocycles. The standard InChI is InChI=1S/C6HCl4.3C6H5.Sn/c7-3-1-2-4(8)6(10)5(3)9;3*1-2-4-6-5-3-1;/h1H;3*1-5H;. The van der Waals surface area contributed by atoms with Crippen LogP contribution in [0.15, 0.2) is 97.1 Å². The van der Waals surface area contributed by atoms with Gasteiger partial charge in [0.15, 0.2) is 0 Å². The normalized spacial score (nSPS) is 11.4. The molecule has 0 amide bonds. The van der Waals surface area contributed by atoms with Crippen LogP contribution in [0.2, 0.25) is 20.1 Å². The quantitative estimate of drug-likeness (QED) is 0.170. The Morgan fingerprint density at radius 1 is 0.448 bits per heavy atom. The monoisotopic (exact) mass is 564 g/mol. The SMILES string of the molecule is Clc1c[c]([Sn]([c]2ccccc2)([c]2ccccc2)[c]2ccccc2)c(Cl)c(Cl)c1Cl. The second-order valence-corrected chi connectivity index (χ2v) is 19.0. The van der Waals surface area contributed by atoms with E-state index in [1.54, 1.807) is 0 Å². The van der Waals surface area contributed by atoms with Crippen molar-refractivity contribution >= 4 is 79.1 Å². The van der Waals surface area contributed by atoms with Crippen LogP contribution >= 0.6 is 46.4 Å². The van der Waals surface area contributed by atoms with Crippen LogP contribution in [0, 0.1) is 0 Å². The molecule has 0 saturated carbocycles. The molecule has 5 heteroatoms. The third-order valence-electron chi connectivity index (χ3n) is 5.13. The van der Waals surface area contributed by atoms with E-state index >= 15 is 0 Å². The van der Waals surface area contributed by atoms with Gasteiger partial charge in [-0.3, -0.25) is 0 Å². The molecule has 0 fully saturated rings. The minimum absolute atomic E-state index is 0.288. The summed E-state index contributed by atoms with van der Waals surface area (Å²) in [6.07, 6.45) is 0. The van der Waals surface area contributed by atoms with E-state index in [0.717, 1.165) is 3.58 Å². The fourth-order valence-electron chi connectivity index (χ4n) is 3.88. The van der Waals surface area contributed by atoms with Crippen LogP contribution in [0.1, 0.15) is 0 Å². The number of hydrogen-bond donors (Lipinski definition) is 0. The summed E-state index contributed by atoms with van der Waals surface area (Å²) in [5, 5.41) is 1.49. The van der Waals surface area contributed by atoms with Crippen molar-refractivity contribution in [1.82, 2.24) is 0 Å². The summed E-state index contributed by atoms with van der Waals surface area (Å²) in [7, 11) is 0. The van der Waals surface area contributed by atoms with Crippen molar-refractivity contribution in [2.45, 2.75) is 0 Å². The minimum atomic E-state index is -3.85. The molecule has 0 radical (unpaired) electrons. The van der Waals surface area contributed by atoms with E-state index in [1.165, 1.54) is 10.7 Å². The predicted molar refractivity (Wildman–Crippen MR) is 130 cm³/mol. The van der Waals surface area contributed by atoms with Crippen LogP contribution < -0.4 is 14.3 Å². The Morgan fingerprint density at radius 3 is 1.21 bits per heavy atom. The molecule has 0 nitrogen and oxygen atoms in total. The van der Waals surface area contributed by atoms with Gasteiger partial charge in [-0.2, -0.15) is 0 Å². The van der Waals surface area contributed by atoms with Crippen LogP contribution in [-0.4, -0.2) is 18.4 Å². The average molecular weight is 565 g/mol. The van der Waals surface area contributed by atoms with E-state index in [2.05, 4.69) is 72.8 Å². The molecule has 4 aromatic rings. The van der Waals surface area contributed by atoms with Crippen molar-refractivity contribution in [3.63, 3.8) is 0 Å². The van der Waals surface area contributed by atoms with Gasteiger partial charge in [0.05, 0.1) is 0 Å². The molecule has 0 atom stereocenters. The van der Waals surface area contributed by atoms with Crippen molar-refractivity contribution in [1.29, 1.82) is 0 Å². The van der Waals surface area contributed by atoms with Gasteiger partial charge in [0, 0.05) is 0 Å². The van der Waals surface area contributed by atoms with Crippen LogP contribution in [0.5, 0.6) is 0 Å². The Balaban J connectivity index is 2.22. The molecule has 4 rings (SSSR count). The molecule has 144 valence electrons. The maximum absolute atomic E-state index is 6.88. The Hall–Kier alpha value is -1.16. The number of rotatable bonds is 4. The Kier molecular flexibility index (Phi) is 6.48. The van der Waals surface area contributed by atoms with Gasteiger partial charge in [0.2, 0.25) is 0 Å². The summed E-state index contributed by atoms with van der Waals surface area (Å²) < 4.78 is 4.77. The van der Waals surface area contributed by atoms with Crippen molar-refractivity contribution in [3.8, 4) is 0 Å². The summed E-state index contributed by atoms with van der Waals surface area (Å²) in [5.74, 6) is 0. The topological polar surface area (TPSA) is 0 Å². The summed E-state index contributed by atoms with van der Waals surface area (Å²) >= 11 is 22.4. The first-order valence-corrected chi connectivity index (χ1v) is 16.3. The first-order valence-electron chi connectivity index (χ1n) is 9.07. The van der Waals surface area contributed by atoms with Crippen molar-refractivity contribution in [2.75, 3.05) is 0 Å². The first kappa shape index (κ1) is 21.1. The average Bonchev–Trinajstić information content (AvgIpc) is 2.78. The van der Waals surface area contributed by atoms with Gasteiger partial charge in [-0.25, -0.2) is 0 Å². The molecule has 0 aliphatic rings. The zero-order valence-electron chi connectivity index (χ0n) is 15.2. The molecule has 0 aromatic heterocycles. The number of benzene rings is 4. The van der Waals surface area contributed by atoms with Crippen LogP contribution in [0.25, 0.3) is 0 Å². The second kappa shape index (κ2) is 8.91. The summed E-state index contributed by atoms with van der Waals surface area (Å²) in [6.45, 7) is 0. The summed E-state index contributed by atoms with van der Waals surface area (Å²) in [5.41, 5.74) is 0. The Morgan fingerprint density at radius 2 is 0.828 bits per heavy atom. The zero-order valence-corrected chi connectivity index (χ0v) is 21.1. The molecule has 0 saturated heterocycles. The summed E-state index contributed by atoms with van der Waals surface area (Å²) in [4.78, 5) is 0. The van der Waals surface area contributed by atoms with E-state index < -0.39 is 18.4 Å². The predicted octanol–water partition coefficient (Wildman–Crippen LogP) is 5.68. The molecule has 0 bridgehead atoms. The van der Waals surface area contributed by atoms with Gasteiger partial charge < -0.3 is 0 Å². The van der Waals surface area contributed by atoms with Gasteiger partial charge in [-0.1, -0.05) is 0 Å². The second-order valence-electron chi connectivity index (χ2n) is 6.70. The van der Waals surface area contributed by atoms with Gasteiger partial charge in [-0.15, -0.1) is 0 Å². The third-order valence-corrected chi connectivity index (χ3v) is 21.0. The fourth-order valence-corrected chi connectivity index (χ4v) is 19.9. The molecule has 29 heavy (non-hydrogen) atoms. The van der Waals surface area contributed by atoms with Gasteiger partial charge >= 0.3 is 196 Å². The van der Waals surface area contributed by atoms with E-state index in [-0.39, 0.29) is 5.02 Å². The van der Waals surface area contributed by atoms with Gasteiger partial charge in [0.1, 0.15) is 0 Å². The number of halogens is 4. The number of hydrogen-bond acceptors (Lipinski definition) is 0. The molecule has 4 aromatic carbocycles. The van der Waals surface area contributed by atoms with Crippen molar-refractivity contribution in [2.24, 2.45) is 0 Å². The fraction of sp³-hybridized carbons (Fsp3) is 0. The summed E-state index contributed by atoms with van der Waals surface area (Å²) in [6, 6.07) is 33.5. The van der Waals surface area contributed by atoms with E-state index in [1.807, 2.05) is 24.3 Å². The van der Waals surface area contributed by atoms with E-state index in [4.69, 9.17) is 46.4 Å². The third kappa shape index (κ3) is 3.71. The molecule has 0 aliphatic heterocycles. The molecule has 0 unspecified atom stereocenters. The molecular weight excluding hydrogens is 549 g/mol. The Labute approximate surface area is 194 Å². The Bertz CT molecular complexity index is 1030. The molecule has 0 aliphatic carbocycles. The van der Waals surface area contributed by atoms with Crippen molar-refractivity contribution in [3.05, 3.63) is 117 Å². The van der Waals surface area contributed by atoms with Crippen LogP contribution in [0.3, 0.4) is 0 Å². The van der Waals surface area contributed by atoms with Crippen LogP contribution in [0.4, 0.5) is 0 Å². The van der Waals surface area contributed by atoms with Gasteiger partial charge in [0.25, 0.3) is 0 Å². The zero-order chi connectivity index (χ0) is 20.4. The first-order chi connectivity index (χ1) is 14.1. The molecule has 0 N–H and O–H groups in total. The van der Waals surface area contributed by atoms with E-state index in [9.17, 15) is 0 Å². The van der Waals surface area contributed by atoms with Crippen LogP contribution in [-0.2, 0) is 0 Å².